The van der Waals surface area contributed by atoms with Crippen molar-refractivity contribution in [1.82, 2.24) is 9.96 Å². The molecule has 2 aliphatic heterocycles. The van der Waals surface area contributed by atoms with E-state index in [1.807, 2.05) is 0 Å². The molecule has 106 valence electrons. The minimum atomic E-state index is -0.855. The number of methoxy groups -OCH3 is 1. The van der Waals surface area contributed by atoms with Crippen molar-refractivity contribution < 1.29 is 23.6 Å². The summed E-state index contributed by atoms with van der Waals surface area (Å²) in [6.45, 7) is 4.13. The van der Waals surface area contributed by atoms with E-state index in [4.69, 9.17) is 14.0 Å². The highest BCUT2D eigenvalue weighted by Crippen LogP contribution is 2.44. The van der Waals surface area contributed by atoms with Crippen LogP contribution in [0.2, 0.25) is 0 Å². The highest BCUT2D eigenvalue weighted by molar-refractivity contribution is 5.87. The molecule has 0 spiro atoms. The third kappa shape index (κ3) is 1.63. The lowest BCUT2D eigenvalue weighted by molar-refractivity contribution is -0.146. The number of hydrogen-bond acceptors (Lipinski definition) is 5. The number of esters is 1. The second-order valence-electron chi connectivity index (χ2n) is 4.53. The Morgan fingerprint density at radius 2 is 2.45 bits per heavy atom. The Bertz CT molecular complexity index is 567. The first-order valence-corrected chi connectivity index (χ1v) is 6.17. The summed E-state index contributed by atoms with van der Waals surface area (Å²) in [7, 11) is 1.28. The Balaban J connectivity index is 2.00. The van der Waals surface area contributed by atoms with Crippen molar-refractivity contribution >= 4 is 12.0 Å². The van der Waals surface area contributed by atoms with Crippen LogP contribution < -0.4 is 0 Å². The first-order chi connectivity index (χ1) is 9.69. The third-order valence-corrected chi connectivity index (χ3v) is 3.49. The number of furan rings is 1. The van der Waals surface area contributed by atoms with E-state index in [0.29, 0.717) is 12.3 Å². The van der Waals surface area contributed by atoms with Gasteiger partial charge in [-0.2, -0.15) is 5.06 Å². The van der Waals surface area contributed by atoms with E-state index in [9.17, 15) is 9.59 Å². The number of hydrogen-bond donors (Lipinski definition) is 0. The number of urea groups is 1. The first-order valence-electron chi connectivity index (χ1n) is 6.17. The third-order valence-electron chi connectivity index (χ3n) is 3.49. The molecule has 2 amide bonds. The highest BCUT2D eigenvalue weighted by Gasteiger charge is 2.53. The van der Waals surface area contributed by atoms with E-state index in [2.05, 4.69) is 6.58 Å². The fourth-order valence-corrected chi connectivity index (χ4v) is 2.63. The number of carbonyl (C=O) groups is 2. The van der Waals surface area contributed by atoms with Crippen LogP contribution in [0.5, 0.6) is 0 Å². The molecule has 1 aromatic rings. The molecule has 7 nitrogen and oxygen atoms in total. The highest BCUT2D eigenvalue weighted by atomic mass is 16.7. The average molecular weight is 278 g/mol. The Hall–Kier alpha value is -2.28. The van der Waals surface area contributed by atoms with Crippen molar-refractivity contribution in [2.24, 2.45) is 0 Å². The summed E-state index contributed by atoms with van der Waals surface area (Å²) in [6, 6.07) is 0.234. The van der Waals surface area contributed by atoms with E-state index in [1.165, 1.54) is 23.3 Å². The summed E-state index contributed by atoms with van der Waals surface area (Å²) < 4.78 is 10.1. The largest absolute Gasteiger partial charge is 0.467 e. The molecule has 20 heavy (non-hydrogen) atoms. The van der Waals surface area contributed by atoms with E-state index < -0.39 is 12.0 Å². The van der Waals surface area contributed by atoms with E-state index >= 15 is 0 Å². The quantitative estimate of drug-likeness (QED) is 0.615. The lowest BCUT2D eigenvalue weighted by atomic mass is 9.99. The smallest absolute Gasteiger partial charge is 0.345 e. The van der Waals surface area contributed by atoms with Gasteiger partial charge in [-0.15, -0.1) is 6.58 Å². The summed E-state index contributed by atoms with van der Waals surface area (Å²) in [4.78, 5) is 31.1. The maximum absolute atomic E-state index is 12.3. The average Bonchev–Trinajstić information content (AvgIpc) is 3.03. The van der Waals surface area contributed by atoms with Crippen LogP contribution in [0, 0.1) is 0 Å². The lowest BCUT2D eigenvalue weighted by Gasteiger charge is -2.27. The summed E-state index contributed by atoms with van der Waals surface area (Å²) in [5.41, 5.74) is 0.770. The maximum atomic E-state index is 12.3. The van der Waals surface area contributed by atoms with Crippen LogP contribution in [-0.2, 0) is 14.4 Å². The molecule has 2 bridgehead atoms. The summed E-state index contributed by atoms with van der Waals surface area (Å²) in [6.07, 6.45) is 3.05. The maximum Gasteiger partial charge on any atom is 0.345 e. The predicted molar refractivity (Wildman–Crippen MR) is 66.3 cm³/mol. The molecule has 1 saturated heterocycles. The zero-order chi connectivity index (χ0) is 14.3. The van der Waals surface area contributed by atoms with Gasteiger partial charge >= 0.3 is 12.0 Å². The molecule has 1 aromatic heterocycles. The molecular weight excluding hydrogens is 264 g/mol. The molecule has 0 N–H and O–H groups in total. The fourth-order valence-electron chi connectivity index (χ4n) is 2.63. The Labute approximate surface area is 115 Å². The minimum Gasteiger partial charge on any atom is -0.467 e. The Morgan fingerprint density at radius 1 is 1.65 bits per heavy atom. The standard InChI is InChI=1S/C13H14N2O5/c1-3-5-20-15-9-7-14(13(15)17)10(12(16)18-2)11-8(9)4-6-19-11/h3-4,6,9-10H,1,5,7H2,2H3. The number of nitrogens with zero attached hydrogens (tertiary/aromatic N) is 2. The van der Waals surface area contributed by atoms with Crippen molar-refractivity contribution in [3.05, 3.63) is 36.3 Å². The van der Waals surface area contributed by atoms with Crippen molar-refractivity contribution in [1.29, 1.82) is 0 Å². The van der Waals surface area contributed by atoms with Crippen LogP contribution in [0.3, 0.4) is 0 Å². The zero-order valence-electron chi connectivity index (χ0n) is 10.9. The van der Waals surface area contributed by atoms with Crippen LogP contribution in [0.15, 0.2) is 29.4 Å². The van der Waals surface area contributed by atoms with E-state index in [0.717, 1.165) is 5.56 Å². The summed E-state index contributed by atoms with van der Waals surface area (Å²) in [5.74, 6) is -0.0928. The molecule has 1 fully saturated rings. The Morgan fingerprint density at radius 3 is 3.15 bits per heavy atom. The van der Waals surface area contributed by atoms with Gasteiger partial charge in [0.25, 0.3) is 0 Å². The van der Waals surface area contributed by atoms with Crippen LogP contribution in [0.4, 0.5) is 4.79 Å². The molecule has 0 saturated carbocycles. The number of fused-ring (bicyclic) bond motifs is 4. The van der Waals surface area contributed by atoms with Crippen LogP contribution >= 0.6 is 0 Å². The second-order valence-corrected chi connectivity index (χ2v) is 4.53. The van der Waals surface area contributed by atoms with Gasteiger partial charge in [-0.25, -0.2) is 9.59 Å². The molecule has 0 aliphatic carbocycles. The van der Waals surface area contributed by atoms with Gasteiger partial charge in [-0.3, -0.25) is 9.74 Å². The van der Waals surface area contributed by atoms with Gasteiger partial charge in [0.05, 0.1) is 26.5 Å². The molecular formula is C13H14N2O5. The summed E-state index contributed by atoms with van der Waals surface area (Å²) in [5, 5.41) is 1.26. The van der Waals surface area contributed by atoms with Crippen LogP contribution in [-0.4, -0.2) is 42.2 Å². The van der Waals surface area contributed by atoms with Gasteiger partial charge < -0.3 is 9.15 Å². The first kappa shape index (κ1) is 12.7. The number of carbonyl (C=O) groups excluding carboxylic acids is 2. The molecule has 2 aliphatic rings. The van der Waals surface area contributed by atoms with E-state index in [-0.39, 0.29) is 18.7 Å². The van der Waals surface area contributed by atoms with Crippen molar-refractivity contribution in [3.63, 3.8) is 0 Å². The van der Waals surface area contributed by atoms with E-state index in [1.54, 1.807) is 12.1 Å². The monoisotopic (exact) mass is 278 g/mol. The van der Waals surface area contributed by atoms with Crippen LogP contribution in [0.25, 0.3) is 0 Å². The molecule has 0 radical (unpaired) electrons. The van der Waals surface area contributed by atoms with Crippen molar-refractivity contribution in [2.75, 3.05) is 20.3 Å². The van der Waals surface area contributed by atoms with Gasteiger partial charge in [0, 0.05) is 5.56 Å². The molecule has 7 heteroatoms. The number of hydroxylamine groups is 2. The molecule has 2 unspecified atom stereocenters. The molecule has 2 atom stereocenters. The number of rotatable bonds is 4. The van der Waals surface area contributed by atoms with Gasteiger partial charge in [-0.05, 0) is 6.07 Å². The molecule has 3 rings (SSSR count). The second kappa shape index (κ2) is 4.68. The summed E-state index contributed by atoms with van der Waals surface area (Å²) >= 11 is 0. The van der Waals surface area contributed by atoms with Gasteiger partial charge in [0.15, 0.2) is 6.04 Å². The lowest BCUT2D eigenvalue weighted by Crippen LogP contribution is -2.38. The fraction of sp³-hybridized carbons (Fsp3) is 0.385. The number of amides is 2. The SMILES string of the molecule is C=CCON1C(=O)N2CC1c1ccoc1C2C(=O)OC. The molecule has 0 aromatic carbocycles. The van der Waals surface area contributed by atoms with Crippen LogP contribution in [0.1, 0.15) is 23.4 Å². The molecule has 3 heterocycles. The van der Waals surface area contributed by atoms with Gasteiger partial charge in [-0.1, -0.05) is 6.08 Å². The zero-order valence-corrected chi connectivity index (χ0v) is 10.9. The van der Waals surface area contributed by atoms with Gasteiger partial charge in [0.2, 0.25) is 0 Å². The topological polar surface area (TPSA) is 72.2 Å². The number of ether oxygens (including phenoxy) is 1. The van der Waals surface area contributed by atoms with Crippen molar-refractivity contribution in [3.8, 4) is 0 Å². The van der Waals surface area contributed by atoms with Crippen molar-refractivity contribution in [2.45, 2.75) is 12.1 Å². The Kier molecular flexibility index (Phi) is 2.98. The predicted octanol–water partition coefficient (Wildman–Crippen LogP) is 1.40. The minimum absolute atomic E-state index is 0.214. The normalized spacial score (nSPS) is 23.8. The van der Waals surface area contributed by atoms with Gasteiger partial charge in [0.1, 0.15) is 11.8 Å².